The molecule has 0 aliphatic carbocycles. The Bertz CT molecular complexity index is 1480. The first kappa shape index (κ1) is 25.4. The molecule has 3 nitrogen and oxygen atoms in total. The molecule has 1 heterocycles. The van der Waals surface area contributed by atoms with E-state index in [0.29, 0.717) is 19.1 Å². The van der Waals surface area contributed by atoms with Crippen molar-refractivity contribution in [1.29, 1.82) is 0 Å². The zero-order valence-electron chi connectivity index (χ0n) is 22.3. The van der Waals surface area contributed by atoms with Gasteiger partial charge < -0.3 is 9.47 Å². The summed E-state index contributed by atoms with van der Waals surface area (Å²) in [5, 5.41) is 2.52. The van der Waals surface area contributed by atoms with Crippen molar-refractivity contribution in [3.63, 3.8) is 0 Å². The summed E-state index contributed by atoms with van der Waals surface area (Å²) in [6, 6.07) is 44.9. The number of fused-ring (bicyclic) bond motifs is 1. The van der Waals surface area contributed by atoms with E-state index in [2.05, 4.69) is 126 Å². The number of likely N-dealkylation sites (tertiary alicyclic amines) is 1. The molecule has 5 aromatic rings. The smallest absolute Gasteiger partial charge is 0.120 e. The van der Waals surface area contributed by atoms with Gasteiger partial charge in [-0.25, -0.2) is 0 Å². The summed E-state index contributed by atoms with van der Waals surface area (Å²) in [6.45, 7) is 4.08. The fourth-order valence-electron chi connectivity index (χ4n) is 5.62. The predicted molar refractivity (Wildman–Crippen MR) is 159 cm³/mol. The molecule has 196 valence electrons. The summed E-state index contributed by atoms with van der Waals surface area (Å²) >= 11 is 0. The number of rotatable bonds is 9. The largest absolute Gasteiger partial charge is 0.489 e. The summed E-state index contributed by atoms with van der Waals surface area (Å²) in [5.74, 6) is 1.23. The molecular weight excluding hydrogens is 478 g/mol. The van der Waals surface area contributed by atoms with E-state index in [1.54, 1.807) is 0 Å². The average Bonchev–Trinajstić information content (AvgIpc) is 3.00. The minimum Gasteiger partial charge on any atom is -0.489 e. The van der Waals surface area contributed by atoms with Gasteiger partial charge in [0.15, 0.2) is 0 Å². The molecule has 0 spiro atoms. The lowest BCUT2D eigenvalue weighted by molar-refractivity contribution is -0.0264. The topological polar surface area (TPSA) is 21.7 Å². The van der Waals surface area contributed by atoms with E-state index >= 15 is 0 Å². The lowest BCUT2D eigenvalue weighted by atomic mass is 9.86. The Morgan fingerprint density at radius 1 is 0.615 bits per heavy atom. The van der Waals surface area contributed by atoms with E-state index < -0.39 is 0 Å². The van der Waals surface area contributed by atoms with Gasteiger partial charge in [-0.3, -0.25) is 4.90 Å². The minimum atomic E-state index is 0.0957. The van der Waals surface area contributed by atoms with E-state index in [0.717, 1.165) is 31.8 Å². The summed E-state index contributed by atoms with van der Waals surface area (Å²) in [7, 11) is 0. The van der Waals surface area contributed by atoms with E-state index in [1.165, 1.54) is 33.0 Å². The second-order valence-corrected chi connectivity index (χ2v) is 10.5. The Balaban J connectivity index is 1.19. The molecule has 1 aliphatic heterocycles. The molecule has 0 aromatic heterocycles. The predicted octanol–water partition coefficient (Wildman–Crippen LogP) is 7.99. The Kier molecular flexibility index (Phi) is 7.99. The van der Waals surface area contributed by atoms with Crippen LogP contribution in [-0.4, -0.2) is 24.1 Å². The Morgan fingerprint density at radius 3 is 2.18 bits per heavy atom. The summed E-state index contributed by atoms with van der Waals surface area (Å²) < 4.78 is 12.9. The second kappa shape index (κ2) is 12.3. The third-order valence-electron chi connectivity index (χ3n) is 7.70. The van der Waals surface area contributed by atoms with Crippen LogP contribution < -0.4 is 4.74 Å². The Hall–Kier alpha value is -3.92. The van der Waals surface area contributed by atoms with Crippen molar-refractivity contribution in [2.45, 2.75) is 38.2 Å². The van der Waals surface area contributed by atoms with Gasteiger partial charge in [0, 0.05) is 19.0 Å². The molecule has 1 fully saturated rings. The third kappa shape index (κ3) is 6.57. The van der Waals surface area contributed by atoms with Crippen LogP contribution in [0.5, 0.6) is 5.75 Å². The number of hydrogen-bond acceptors (Lipinski definition) is 3. The number of piperidine rings is 1. The summed E-state index contributed by atoms with van der Waals surface area (Å²) in [6.07, 6.45) is 1.15. The SMILES string of the molecule is c1ccc(COc2cccc(C3CCN(Cc4ccccc4)CC3OCc3ccc4ccccc4c3)c2)cc1. The molecule has 0 saturated carbocycles. The van der Waals surface area contributed by atoms with Gasteiger partial charge in [0.2, 0.25) is 0 Å². The second-order valence-electron chi connectivity index (χ2n) is 10.5. The normalized spacial score (nSPS) is 17.7. The highest BCUT2D eigenvalue weighted by molar-refractivity contribution is 5.82. The van der Waals surface area contributed by atoms with E-state index in [-0.39, 0.29) is 6.10 Å². The van der Waals surface area contributed by atoms with Crippen LogP contribution in [0.3, 0.4) is 0 Å². The van der Waals surface area contributed by atoms with Gasteiger partial charge in [-0.05, 0) is 64.2 Å². The highest BCUT2D eigenvalue weighted by Gasteiger charge is 2.31. The van der Waals surface area contributed by atoms with Gasteiger partial charge in [0.25, 0.3) is 0 Å². The minimum absolute atomic E-state index is 0.0957. The Morgan fingerprint density at radius 2 is 1.36 bits per heavy atom. The molecular formula is C36H35NO2. The zero-order valence-corrected chi connectivity index (χ0v) is 22.3. The fourth-order valence-corrected chi connectivity index (χ4v) is 5.62. The van der Waals surface area contributed by atoms with Crippen LogP contribution in [0.2, 0.25) is 0 Å². The number of benzene rings is 5. The molecule has 0 N–H and O–H groups in total. The van der Waals surface area contributed by atoms with Crippen molar-refractivity contribution in [2.24, 2.45) is 0 Å². The maximum Gasteiger partial charge on any atom is 0.120 e. The average molecular weight is 514 g/mol. The zero-order chi connectivity index (χ0) is 26.3. The maximum atomic E-state index is 6.74. The quantitative estimate of drug-likeness (QED) is 0.199. The Labute approximate surface area is 231 Å². The molecule has 2 unspecified atom stereocenters. The summed E-state index contributed by atoms with van der Waals surface area (Å²) in [4.78, 5) is 2.53. The van der Waals surface area contributed by atoms with Crippen molar-refractivity contribution in [2.75, 3.05) is 13.1 Å². The molecule has 39 heavy (non-hydrogen) atoms. The van der Waals surface area contributed by atoms with Gasteiger partial charge in [0.1, 0.15) is 12.4 Å². The van der Waals surface area contributed by atoms with Gasteiger partial charge in [-0.1, -0.05) is 109 Å². The number of hydrogen-bond donors (Lipinski definition) is 0. The lowest BCUT2D eigenvalue weighted by Crippen LogP contribution is -2.43. The van der Waals surface area contributed by atoms with Crippen molar-refractivity contribution < 1.29 is 9.47 Å². The first-order chi connectivity index (χ1) is 19.3. The molecule has 3 heteroatoms. The van der Waals surface area contributed by atoms with Gasteiger partial charge in [-0.15, -0.1) is 0 Å². The molecule has 2 atom stereocenters. The van der Waals surface area contributed by atoms with E-state index in [1.807, 2.05) is 6.07 Å². The van der Waals surface area contributed by atoms with Crippen molar-refractivity contribution in [1.82, 2.24) is 4.90 Å². The molecule has 1 saturated heterocycles. The number of nitrogens with zero attached hydrogens (tertiary/aromatic N) is 1. The molecule has 0 amide bonds. The van der Waals surface area contributed by atoms with Crippen molar-refractivity contribution >= 4 is 10.8 Å². The molecule has 1 aliphatic rings. The molecule has 5 aromatic carbocycles. The third-order valence-corrected chi connectivity index (χ3v) is 7.70. The van der Waals surface area contributed by atoms with Crippen LogP contribution in [0.25, 0.3) is 10.8 Å². The van der Waals surface area contributed by atoms with Crippen LogP contribution in [0.15, 0.2) is 127 Å². The first-order valence-corrected chi connectivity index (χ1v) is 13.9. The highest BCUT2D eigenvalue weighted by atomic mass is 16.5. The number of ether oxygens (including phenoxy) is 2. The van der Waals surface area contributed by atoms with Crippen LogP contribution in [0, 0.1) is 0 Å². The van der Waals surface area contributed by atoms with Crippen LogP contribution in [0.1, 0.15) is 34.6 Å². The van der Waals surface area contributed by atoms with Gasteiger partial charge in [0.05, 0.1) is 12.7 Å². The van der Waals surface area contributed by atoms with Crippen molar-refractivity contribution in [3.8, 4) is 5.75 Å². The van der Waals surface area contributed by atoms with Gasteiger partial charge in [-0.2, -0.15) is 0 Å². The molecule has 0 bridgehead atoms. The van der Waals surface area contributed by atoms with E-state index in [9.17, 15) is 0 Å². The van der Waals surface area contributed by atoms with Crippen LogP contribution in [0.4, 0.5) is 0 Å². The standard InChI is InChI=1S/C36H35NO2/c1-3-10-28(11-4-1)24-37-21-20-35(33-16-9-17-34(23-33)38-26-29-12-5-2-6-13-29)36(25-37)39-27-30-18-19-31-14-7-8-15-32(31)22-30/h1-19,22-23,35-36H,20-21,24-27H2. The maximum absolute atomic E-state index is 6.74. The highest BCUT2D eigenvalue weighted by Crippen LogP contribution is 2.34. The van der Waals surface area contributed by atoms with Crippen LogP contribution >= 0.6 is 0 Å². The van der Waals surface area contributed by atoms with Crippen LogP contribution in [-0.2, 0) is 24.5 Å². The summed E-state index contributed by atoms with van der Waals surface area (Å²) in [5.41, 5.74) is 5.03. The van der Waals surface area contributed by atoms with Gasteiger partial charge >= 0.3 is 0 Å². The monoisotopic (exact) mass is 513 g/mol. The molecule has 0 radical (unpaired) electrons. The first-order valence-electron chi connectivity index (χ1n) is 13.9. The molecule has 6 rings (SSSR count). The van der Waals surface area contributed by atoms with Crippen molar-refractivity contribution in [3.05, 3.63) is 150 Å². The van der Waals surface area contributed by atoms with E-state index in [4.69, 9.17) is 9.47 Å². The fraction of sp³-hybridized carbons (Fsp3) is 0.222. The lowest BCUT2D eigenvalue weighted by Gasteiger charge is -2.39.